The van der Waals surface area contributed by atoms with Crippen LogP contribution in [0.1, 0.15) is 26.3 Å². The number of ether oxygens (including phenoxy) is 2. The number of hydrogen-bond acceptors (Lipinski definition) is 6. The van der Waals surface area contributed by atoms with E-state index < -0.39 is 0 Å². The average Bonchev–Trinajstić information content (AvgIpc) is 2.45. The topological polar surface area (TPSA) is 81.9 Å². The van der Waals surface area contributed by atoms with Crippen molar-refractivity contribution in [1.29, 1.82) is 0 Å². The van der Waals surface area contributed by atoms with Crippen LogP contribution in [0.15, 0.2) is 24.3 Å². The van der Waals surface area contributed by atoms with Crippen molar-refractivity contribution in [2.24, 2.45) is 5.73 Å². The van der Waals surface area contributed by atoms with Crippen LogP contribution in [0.25, 0.3) is 0 Å². The molecule has 0 aliphatic rings. The van der Waals surface area contributed by atoms with Crippen molar-refractivity contribution < 1.29 is 19.1 Å². The standard InChI is InChI=1S/C17H26N2O4/c1-13(18)12-16-4-6-17(7-5-16)19(8-10-22-14(2)20)9-11-23-15(3)21/h4-7,13H,8-12,18H2,1-3H3. The van der Waals surface area contributed by atoms with Crippen LogP contribution in [-0.4, -0.2) is 44.3 Å². The molecule has 0 bridgehead atoms. The lowest BCUT2D eigenvalue weighted by molar-refractivity contribution is -0.141. The number of esters is 2. The van der Waals surface area contributed by atoms with E-state index >= 15 is 0 Å². The lowest BCUT2D eigenvalue weighted by atomic mass is 10.1. The molecule has 1 unspecified atom stereocenters. The Kier molecular flexibility index (Phi) is 8.11. The summed E-state index contributed by atoms with van der Waals surface area (Å²) in [7, 11) is 0. The van der Waals surface area contributed by atoms with Crippen LogP contribution >= 0.6 is 0 Å². The minimum atomic E-state index is -0.308. The first-order valence-electron chi connectivity index (χ1n) is 7.74. The molecule has 0 aliphatic carbocycles. The molecule has 1 aromatic carbocycles. The Morgan fingerprint density at radius 1 is 1.04 bits per heavy atom. The third-order valence-electron chi connectivity index (χ3n) is 3.19. The van der Waals surface area contributed by atoms with Gasteiger partial charge in [-0.15, -0.1) is 0 Å². The fraction of sp³-hybridized carbons (Fsp3) is 0.529. The summed E-state index contributed by atoms with van der Waals surface area (Å²) in [6, 6.07) is 8.18. The van der Waals surface area contributed by atoms with E-state index in [0.717, 1.165) is 12.1 Å². The maximum Gasteiger partial charge on any atom is 0.302 e. The van der Waals surface area contributed by atoms with Crippen LogP contribution in [-0.2, 0) is 25.5 Å². The Labute approximate surface area is 137 Å². The Morgan fingerprint density at radius 2 is 1.52 bits per heavy atom. The number of nitrogens with two attached hydrogens (primary N) is 1. The Bertz CT molecular complexity index is 480. The number of carbonyl (C=O) groups excluding carboxylic acids is 2. The molecule has 2 N–H and O–H groups in total. The van der Waals surface area contributed by atoms with Crippen LogP contribution in [0, 0.1) is 0 Å². The van der Waals surface area contributed by atoms with Crippen LogP contribution in [0.4, 0.5) is 5.69 Å². The van der Waals surface area contributed by atoms with Crippen molar-refractivity contribution in [2.45, 2.75) is 33.2 Å². The Morgan fingerprint density at radius 3 is 1.91 bits per heavy atom. The van der Waals surface area contributed by atoms with Gasteiger partial charge in [0.15, 0.2) is 0 Å². The van der Waals surface area contributed by atoms with Gasteiger partial charge in [0.1, 0.15) is 13.2 Å². The quantitative estimate of drug-likeness (QED) is 0.694. The maximum atomic E-state index is 10.9. The van der Waals surface area contributed by atoms with Crippen molar-refractivity contribution in [3.05, 3.63) is 29.8 Å². The third kappa shape index (κ3) is 8.21. The number of anilines is 1. The largest absolute Gasteiger partial charge is 0.464 e. The van der Waals surface area contributed by atoms with Crippen molar-refractivity contribution in [1.82, 2.24) is 0 Å². The van der Waals surface area contributed by atoms with Crippen molar-refractivity contribution in [3.63, 3.8) is 0 Å². The highest BCUT2D eigenvalue weighted by atomic mass is 16.5. The summed E-state index contributed by atoms with van der Waals surface area (Å²) < 4.78 is 9.99. The molecule has 0 heterocycles. The second-order valence-electron chi connectivity index (χ2n) is 5.51. The van der Waals surface area contributed by atoms with E-state index in [0.29, 0.717) is 13.1 Å². The van der Waals surface area contributed by atoms with Crippen LogP contribution < -0.4 is 10.6 Å². The molecule has 1 atom stereocenters. The van der Waals surface area contributed by atoms with E-state index in [9.17, 15) is 9.59 Å². The van der Waals surface area contributed by atoms with E-state index in [1.54, 1.807) is 0 Å². The highest BCUT2D eigenvalue weighted by molar-refractivity contribution is 5.66. The van der Waals surface area contributed by atoms with Gasteiger partial charge in [0.2, 0.25) is 0 Å². The number of hydrogen-bond donors (Lipinski definition) is 1. The molecule has 0 fully saturated rings. The molecule has 0 aliphatic heterocycles. The molecule has 0 saturated carbocycles. The predicted octanol–water partition coefficient (Wildman–Crippen LogP) is 1.51. The van der Waals surface area contributed by atoms with E-state index in [2.05, 4.69) is 0 Å². The monoisotopic (exact) mass is 322 g/mol. The zero-order valence-corrected chi connectivity index (χ0v) is 14.1. The molecule has 23 heavy (non-hydrogen) atoms. The van der Waals surface area contributed by atoms with Gasteiger partial charge in [-0.2, -0.15) is 0 Å². The van der Waals surface area contributed by atoms with Crippen molar-refractivity contribution in [2.75, 3.05) is 31.2 Å². The molecule has 6 heteroatoms. The summed E-state index contributed by atoms with van der Waals surface area (Å²) in [6.45, 7) is 6.38. The van der Waals surface area contributed by atoms with Gasteiger partial charge in [-0.25, -0.2) is 0 Å². The summed E-state index contributed by atoms with van der Waals surface area (Å²) in [5, 5.41) is 0. The summed E-state index contributed by atoms with van der Waals surface area (Å²) in [6.07, 6.45) is 0.821. The van der Waals surface area contributed by atoms with Crippen molar-refractivity contribution >= 4 is 17.6 Å². The summed E-state index contributed by atoms with van der Waals surface area (Å²) >= 11 is 0. The van der Waals surface area contributed by atoms with E-state index in [4.69, 9.17) is 15.2 Å². The summed E-state index contributed by atoms with van der Waals surface area (Å²) in [4.78, 5) is 23.8. The molecular weight excluding hydrogens is 296 g/mol. The van der Waals surface area contributed by atoms with Gasteiger partial charge in [-0.3, -0.25) is 9.59 Å². The molecule has 0 spiro atoms. The smallest absolute Gasteiger partial charge is 0.302 e. The minimum Gasteiger partial charge on any atom is -0.464 e. The lowest BCUT2D eigenvalue weighted by Gasteiger charge is -2.24. The van der Waals surface area contributed by atoms with E-state index in [1.807, 2.05) is 36.1 Å². The Hall–Kier alpha value is -2.08. The fourth-order valence-corrected chi connectivity index (χ4v) is 2.18. The highest BCUT2D eigenvalue weighted by Crippen LogP contribution is 2.16. The number of rotatable bonds is 9. The average molecular weight is 322 g/mol. The number of carbonyl (C=O) groups is 2. The maximum absolute atomic E-state index is 10.9. The number of benzene rings is 1. The van der Waals surface area contributed by atoms with Gasteiger partial charge in [0.05, 0.1) is 13.1 Å². The highest BCUT2D eigenvalue weighted by Gasteiger charge is 2.09. The Balaban J connectivity index is 2.68. The molecule has 0 amide bonds. The second kappa shape index (κ2) is 9.84. The summed E-state index contributed by atoms with van der Waals surface area (Å²) in [5.41, 5.74) is 7.96. The van der Waals surface area contributed by atoms with E-state index in [1.165, 1.54) is 19.4 Å². The van der Waals surface area contributed by atoms with Gasteiger partial charge in [0.25, 0.3) is 0 Å². The zero-order chi connectivity index (χ0) is 17.2. The van der Waals surface area contributed by atoms with Crippen LogP contribution in [0.2, 0.25) is 0 Å². The number of nitrogens with zero attached hydrogens (tertiary/aromatic N) is 1. The zero-order valence-electron chi connectivity index (χ0n) is 14.1. The normalized spacial score (nSPS) is 11.7. The molecule has 0 saturated heterocycles. The molecule has 1 aromatic rings. The van der Waals surface area contributed by atoms with E-state index in [-0.39, 0.29) is 31.2 Å². The third-order valence-corrected chi connectivity index (χ3v) is 3.19. The first-order chi connectivity index (χ1) is 10.9. The van der Waals surface area contributed by atoms with Crippen LogP contribution in [0.3, 0.4) is 0 Å². The molecule has 128 valence electrons. The predicted molar refractivity (Wildman–Crippen MR) is 89.3 cm³/mol. The molecule has 1 rings (SSSR count). The molecular formula is C17H26N2O4. The molecule has 6 nitrogen and oxygen atoms in total. The SMILES string of the molecule is CC(=O)OCCN(CCOC(C)=O)c1ccc(CC(C)N)cc1. The fourth-order valence-electron chi connectivity index (χ4n) is 2.18. The molecule has 0 radical (unpaired) electrons. The second-order valence-corrected chi connectivity index (χ2v) is 5.51. The van der Waals surface area contributed by atoms with Crippen LogP contribution in [0.5, 0.6) is 0 Å². The van der Waals surface area contributed by atoms with Gasteiger partial charge in [0, 0.05) is 25.6 Å². The lowest BCUT2D eigenvalue weighted by Crippen LogP contribution is -2.31. The molecule has 0 aromatic heterocycles. The van der Waals surface area contributed by atoms with Crippen molar-refractivity contribution in [3.8, 4) is 0 Å². The first-order valence-corrected chi connectivity index (χ1v) is 7.74. The van der Waals surface area contributed by atoms with Gasteiger partial charge in [-0.1, -0.05) is 12.1 Å². The van der Waals surface area contributed by atoms with Gasteiger partial charge >= 0.3 is 11.9 Å². The summed E-state index contributed by atoms with van der Waals surface area (Å²) in [5.74, 6) is -0.616. The van der Waals surface area contributed by atoms with Gasteiger partial charge in [-0.05, 0) is 31.0 Å². The minimum absolute atomic E-state index is 0.116. The first kappa shape index (κ1) is 19.0. The van der Waals surface area contributed by atoms with Gasteiger partial charge < -0.3 is 20.1 Å².